The molecule has 0 aromatic heterocycles. The van der Waals surface area contributed by atoms with Crippen LogP contribution in [0.25, 0.3) is 0 Å². The van der Waals surface area contributed by atoms with Gasteiger partial charge in [0.05, 0.1) is 6.61 Å². The van der Waals surface area contributed by atoms with Gasteiger partial charge in [0.2, 0.25) is 6.79 Å². The number of fused-ring (bicyclic) bond motifs is 1. The van der Waals surface area contributed by atoms with E-state index in [0.717, 1.165) is 0 Å². The molecule has 0 amide bonds. The predicted octanol–water partition coefficient (Wildman–Crippen LogP) is 3.37. The molecular weight excluding hydrogens is 336 g/mol. The molecule has 2 aromatic carbocycles. The molecule has 136 valence electrons. The van der Waals surface area contributed by atoms with Crippen LogP contribution in [0.4, 0.5) is 0 Å². The summed E-state index contributed by atoms with van der Waals surface area (Å²) >= 11 is 0. The molecule has 3 rings (SSSR count). The highest BCUT2D eigenvalue weighted by Crippen LogP contribution is 2.40. The summed E-state index contributed by atoms with van der Waals surface area (Å²) in [5.74, 6) is -0.570. The molecule has 0 unspecified atom stereocenters. The molecular formula is C20H20O6. The van der Waals surface area contributed by atoms with Gasteiger partial charge in [-0.05, 0) is 30.2 Å². The Balaban J connectivity index is 2.05. The van der Waals surface area contributed by atoms with Gasteiger partial charge in [0, 0.05) is 6.92 Å². The van der Waals surface area contributed by atoms with Crippen molar-refractivity contribution >= 4 is 11.9 Å². The molecule has 6 nitrogen and oxygen atoms in total. The van der Waals surface area contributed by atoms with Crippen LogP contribution in [0.3, 0.4) is 0 Å². The van der Waals surface area contributed by atoms with Crippen LogP contribution < -0.4 is 9.47 Å². The Morgan fingerprint density at radius 3 is 2.46 bits per heavy atom. The second kappa shape index (κ2) is 7.91. The second-order valence-electron chi connectivity index (χ2n) is 5.78. The first-order valence-electron chi connectivity index (χ1n) is 8.38. The number of hydrogen-bond donors (Lipinski definition) is 0. The van der Waals surface area contributed by atoms with E-state index in [-0.39, 0.29) is 13.4 Å². The molecule has 1 aliphatic rings. The topological polar surface area (TPSA) is 71.1 Å². The smallest absolute Gasteiger partial charge is 0.317 e. The number of ether oxygens (including phenoxy) is 4. The van der Waals surface area contributed by atoms with E-state index in [1.165, 1.54) is 6.92 Å². The minimum absolute atomic E-state index is 0.136. The Hall–Kier alpha value is -3.02. The average molecular weight is 356 g/mol. The lowest BCUT2D eigenvalue weighted by molar-refractivity contribution is -0.156. The summed E-state index contributed by atoms with van der Waals surface area (Å²) in [5, 5.41) is 0. The van der Waals surface area contributed by atoms with Gasteiger partial charge in [-0.1, -0.05) is 36.4 Å². The third kappa shape index (κ3) is 3.79. The van der Waals surface area contributed by atoms with Crippen LogP contribution >= 0.6 is 0 Å². The lowest BCUT2D eigenvalue weighted by Gasteiger charge is -2.26. The van der Waals surface area contributed by atoms with Crippen molar-refractivity contribution in [1.82, 2.24) is 0 Å². The van der Waals surface area contributed by atoms with Crippen LogP contribution in [0, 0.1) is 0 Å². The maximum atomic E-state index is 12.7. The Morgan fingerprint density at radius 2 is 1.77 bits per heavy atom. The second-order valence-corrected chi connectivity index (χ2v) is 5.78. The van der Waals surface area contributed by atoms with Gasteiger partial charge in [0.15, 0.2) is 11.5 Å². The standard InChI is InChI=1S/C20H20O6/c1-3-23-20(22)18(14-7-5-4-6-8-14)19(26-13(2)21)15-9-10-16-17(11-15)25-12-24-16/h4-11,18-19H,3,12H2,1-2H3/t18-,19-/m1/s1. The molecule has 6 heteroatoms. The van der Waals surface area contributed by atoms with Gasteiger partial charge in [0.1, 0.15) is 12.0 Å². The number of hydrogen-bond acceptors (Lipinski definition) is 6. The highest BCUT2D eigenvalue weighted by molar-refractivity contribution is 5.80. The van der Waals surface area contributed by atoms with Crippen molar-refractivity contribution in [3.63, 3.8) is 0 Å². The maximum absolute atomic E-state index is 12.7. The number of carbonyl (C=O) groups excluding carboxylic acids is 2. The fourth-order valence-corrected chi connectivity index (χ4v) is 2.92. The van der Waals surface area contributed by atoms with E-state index in [1.807, 2.05) is 30.3 Å². The van der Waals surface area contributed by atoms with Crippen LogP contribution in [-0.4, -0.2) is 25.3 Å². The van der Waals surface area contributed by atoms with Crippen molar-refractivity contribution in [2.24, 2.45) is 0 Å². The molecule has 0 bridgehead atoms. The normalized spacial score (nSPS) is 14.4. The van der Waals surface area contributed by atoms with E-state index in [0.29, 0.717) is 22.6 Å². The van der Waals surface area contributed by atoms with E-state index in [1.54, 1.807) is 25.1 Å². The van der Waals surface area contributed by atoms with Crippen LogP contribution in [0.2, 0.25) is 0 Å². The Labute approximate surface area is 151 Å². The summed E-state index contributed by atoms with van der Waals surface area (Å²) in [6, 6.07) is 14.4. The lowest BCUT2D eigenvalue weighted by atomic mass is 9.88. The van der Waals surface area contributed by atoms with Crippen LogP contribution in [-0.2, 0) is 19.1 Å². The number of esters is 2. The van der Waals surface area contributed by atoms with Gasteiger partial charge < -0.3 is 18.9 Å². The highest BCUT2D eigenvalue weighted by atomic mass is 16.7. The summed E-state index contributed by atoms with van der Waals surface area (Å²) in [6.07, 6.45) is -0.844. The molecule has 0 saturated heterocycles. The molecule has 1 aliphatic heterocycles. The summed E-state index contributed by atoms with van der Waals surface area (Å²) < 4.78 is 21.5. The van der Waals surface area contributed by atoms with Crippen molar-refractivity contribution in [1.29, 1.82) is 0 Å². The summed E-state index contributed by atoms with van der Waals surface area (Å²) in [5.41, 5.74) is 1.33. The fraction of sp³-hybridized carbons (Fsp3) is 0.300. The summed E-state index contributed by atoms with van der Waals surface area (Å²) in [4.78, 5) is 24.5. The first-order chi connectivity index (χ1) is 12.6. The zero-order valence-electron chi connectivity index (χ0n) is 14.6. The van der Waals surface area contributed by atoms with E-state index in [9.17, 15) is 9.59 Å². The number of rotatable bonds is 6. The van der Waals surface area contributed by atoms with E-state index >= 15 is 0 Å². The summed E-state index contributed by atoms with van der Waals surface area (Å²) in [6.45, 7) is 3.42. The van der Waals surface area contributed by atoms with Gasteiger partial charge in [0.25, 0.3) is 0 Å². The molecule has 2 aromatic rings. The average Bonchev–Trinajstić information content (AvgIpc) is 3.09. The molecule has 0 spiro atoms. The third-order valence-electron chi connectivity index (χ3n) is 4.02. The van der Waals surface area contributed by atoms with E-state index in [2.05, 4.69) is 0 Å². The molecule has 2 atom stereocenters. The molecule has 1 heterocycles. The Bertz CT molecular complexity index is 786. The van der Waals surface area contributed by atoms with Crippen LogP contribution in [0.5, 0.6) is 11.5 Å². The maximum Gasteiger partial charge on any atom is 0.317 e. The molecule has 26 heavy (non-hydrogen) atoms. The van der Waals surface area contributed by atoms with Crippen molar-refractivity contribution in [2.45, 2.75) is 25.9 Å². The van der Waals surface area contributed by atoms with Crippen molar-refractivity contribution in [3.8, 4) is 11.5 Å². The van der Waals surface area contributed by atoms with Crippen molar-refractivity contribution < 1.29 is 28.5 Å². The highest BCUT2D eigenvalue weighted by Gasteiger charge is 2.35. The first kappa shape index (κ1) is 17.8. The van der Waals surface area contributed by atoms with E-state index < -0.39 is 24.0 Å². The largest absolute Gasteiger partial charge is 0.465 e. The lowest BCUT2D eigenvalue weighted by Crippen LogP contribution is -2.26. The van der Waals surface area contributed by atoms with Gasteiger partial charge >= 0.3 is 11.9 Å². The molecule has 0 aliphatic carbocycles. The quantitative estimate of drug-likeness (QED) is 0.739. The minimum atomic E-state index is -0.844. The zero-order chi connectivity index (χ0) is 18.5. The van der Waals surface area contributed by atoms with Crippen LogP contribution in [0.1, 0.15) is 37.0 Å². The Morgan fingerprint density at radius 1 is 1.04 bits per heavy atom. The van der Waals surface area contributed by atoms with Gasteiger partial charge in [-0.25, -0.2) is 0 Å². The number of benzene rings is 2. The number of carbonyl (C=O) groups is 2. The fourth-order valence-electron chi connectivity index (χ4n) is 2.92. The first-order valence-corrected chi connectivity index (χ1v) is 8.38. The molecule has 0 fully saturated rings. The van der Waals surface area contributed by atoms with Crippen molar-refractivity contribution in [2.75, 3.05) is 13.4 Å². The Kier molecular flexibility index (Phi) is 5.41. The van der Waals surface area contributed by atoms with Gasteiger partial charge in [-0.3, -0.25) is 9.59 Å². The monoisotopic (exact) mass is 356 g/mol. The molecule has 0 radical (unpaired) electrons. The van der Waals surface area contributed by atoms with E-state index in [4.69, 9.17) is 18.9 Å². The van der Waals surface area contributed by atoms with Crippen LogP contribution in [0.15, 0.2) is 48.5 Å². The molecule has 0 N–H and O–H groups in total. The van der Waals surface area contributed by atoms with Crippen molar-refractivity contribution in [3.05, 3.63) is 59.7 Å². The SMILES string of the molecule is CCOC(=O)[C@H](c1ccccc1)[C@H](OC(C)=O)c1ccc2c(c1)OCO2. The minimum Gasteiger partial charge on any atom is -0.465 e. The van der Waals surface area contributed by atoms with Gasteiger partial charge in [-0.15, -0.1) is 0 Å². The third-order valence-corrected chi connectivity index (χ3v) is 4.02. The summed E-state index contributed by atoms with van der Waals surface area (Å²) in [7, 11) is 0. The predicted molar refractivity (Wildman–Crippen MR) is 92.9 cm³/mol. The van der Waals surface area contributed by atoms with Gasteiger partial charge in [-0.2, -0.15) is 0 Å². The zero-order valence-corrected chi connectivity index (χ0v) is 14.6. The molecule has 0 saturated carbocycles.